The van der Waals surface area contributed by atoms with Crippen LogP contribution in [0.15, 0.2) is 0 Å². The lowest BCUT2D eigenvalue weighted by atomic mass is 9.78. The maximum Gasteiger partial charge on any atom is 0.317 e. The van der Waals surface area contributed by atoms with E-state index in [0.29, 0.717) is 12.8 Å². The van der Waals surface area contributed by atoms with Crippen molar-refractivity contribution in [3.05, 3.63) is 0 Å². The normalized spacial score (nSPS) is 39.1. The summed E-state index contributed by atoms with van der Waals surface area (Å²) in [5, 5.41) is 22.9. The molecular weight excluding hydrogens is 406 g/mol. The van der Waals surface area contributed by atoms with Crippen molar-refractivity contribution in [3.8, 4) is 0 Å². The van der Waals surface area contributed by atoms with Gasteiger partial charge in [0.15, 0.2) is 10.9 Å². The van der Waals surface area contributed by atoms with E-state index in [4.69, 9.17) is 13.2 Å². The Morgan fingerprint density at radius 3 is 1.24 bits per heavy atom. The number of esters is 2. The summed E-state index contributed by atoms with van der Waals surface area (Å²) in [6, 6.07) is 0. The quantitative estimate of drug-likeness (QED) is 0.271. The van der Waals surface area contributed by atoms with Gasteiger partial charge in [0.25, 0.3) is 0 Å². The summed E-state index contributed by atoms with van der Waals surface area (Å²) in [4.78, 5) is 48.1. The number of hydrogen-bond acceptors (Lipinski definition) is 7. The summed E-state index contributed by atoms with van der Waals surface area (Å²) in [7, 11) is -2.62. The molecule has 0 spiro atoms. The van der Waals surface area contributed by atoms with E-state index in [1.807, 2.05) is 0 Å². The molecule has 8 atom stereocenters. The smallest absolute Gasteiger partial charge is 0.317 e. The molecule has 4 fully saturated rings. The third kappa shape index (κ3) is 4.16. The van der Waals surface area contributed by atoms with Crippen molar-refractivity contribution in [2.45, 2.75) is 38.5 Å². The molecule has 4 unspecified atom stereocenters. The Balaban J connectivity index is 0.000000552. The number of aliphatic carboxylic acids is 2. The van der Waals surface area contributed by atoms with Crippen LogP contribution in [-0.2, 0) is 34.8 Å². The van der Waals surface area contributed by atoms with Gasteiger partial charge in [0.1, 0.15) is 0 Å². The Morgan fingerprint density at radius 1 is 0.690 bits per heavy atom. The van der Waals surface area contributed by atoms with Crippen LogP contribution in [0.1, 0.15) is 38.5 Å². The van der Waals surface area contributed by atoms with E-state index >= 15 is 0 Å². The summed E-state index contributed by atoms with van der Waals surface area (Å²) < 4.78 is 22.7. The van der Waals surface area contributed by atoms with E-state index in [1.165, 1.54) is 0 Å². The third-order valence-electron chi connectivity index (χ3n) is 7.15. The monoisotopic (exact) mass is 431 g/mol. The van der Waals surface area contributed by atoms with Crippen LogP contribution in [0.25, 0.3) is 0 Å². The van der Waals surface area contributed by atoms with E-state index in [9.17, 15) is 29.4 Å². The van der Waals surface area contributed by atoms with Gasteiger partial charge in [0, 0.05) is 0 Å². The van der Waals surface area contributed by atoms with Gasteiger partial charge in [-0.25, -0.2) is 13.6 Å². The summed E-state index contributed by atoms with van der Waals surface area (Å²) in [5.41, 5.74) is 0. The molecule has 4 aliphatic rings. The molecule has 4 N–H and O–H groups in total. The molecule has 162 valence electrons. The molecule has 0 aromatic heterocycles. The first-order chi connectivity index (χ1) is 13.6. The lowest BCUT2D eigenvalue weighted by Gasteiger charge is -2.28. The van der Waals surface area contributed by atoms with Crippen molar-refractivity contribution in [1.82, 2.24) is 0 Å². The summed E-state index contributed by atoms with van der Waals surface area (Å²) >= 11 is 0. The first-order valence-corrected chi connectivity index (χ1v) is 11.0. The highest BCUT2D eigenvalue weighted by molar-refractivity contribution is 7.69. The van der Waals surface area contributed by atoms with Gasteiger partial charge in [-0.15, -0.1) is 0 Å². The van der Waals surface area contributed by atoms with Gasteiger partial charge in [-0.1, -0.05) is 0 Å². The van der Waals surface area contributed by atoms with Gasteiger partial charge in [0.2, 0.25) is 0 Å². The number of carboxylic acid groups (broad SMARTS) is 2. The SMILES string of the molecule is N[SH](=O)=O.O=C(O)C1C2CCC(C2)C1C(=O)OC(=O)[C@H]1[C@H]2CC[C@H](C2)[C@H]1C(=O)O. The minimum absolute atomic E-state index is 0.0237. The second kappa shape index (κ2) is 8.39. The van der Waals surface area contributed by atoms with Crippen LogP contribution in [0.5, 0.6) is 0 Å². The molecule has 0 heterocycles. The number of carbonyl (C=O) groups is 4. The fourth-order valence-corrected chi connectivity index (χ4v) is 6.21. The predicted octanol–water partition coefficient (Wildman–Crippen LogP) is 0.0215. The summed E-state index contributed by atoms with van der Waals surface area (Å²) in [6.45, 7) is 0. The van der Waals surface area contributed by atoms with E-state index in [-0.39, 0.29) is 23.7 Å². The minimum atomic E-state index is -2.62. The zero-order chi connectivity index (χ0) is 21.5. The number of hydrogen-bond donors (Lipinski definition) is 4. The molecule has 10 nitrogen and oxygen atoms in total. The van der Waals surface area contributed by atoms with Crippen molar-refractivity contribution in [2.24, 2.45) is 52.5 Å². The molecule has 4 aliphatic carbocycles. The highest BCUT2D eigenvalue weighted by Gasteiger charge is 2.58. The van der Waals surface area contributed by atoms with Gasteiger partial charge < -0.3 is 14.9 Å². The minimum Gasteiger partial charge on any atom is -0.481 e. The lowest BCUT2D eigenvalue weighted by molar-refractivity contribution is -0.175. The van der Waals surface area contributed by atoms with Gasteiger partial charge in [-0.05, 0) is 62.2 Å². The average molecular weight is 431 g/mol. The molecular formula is C18H25NO9S. The number of carboxylic acids is 2. The molecule has 4 rings (SSSR count). The Bertz CT molecular complexity index is 732. The molecule has 0 amide bonds. The van der Waals surface area contributed by atoms with Crippen LogP contribution in [0.4, 0.5) is 0 Å². The van der Waals surface area contributed by atoms with E-state index in [0.717, 1.165) is 25.7 Å². The second-order valence-electron chi connectivity index (χ2n) is 8.47. The molecule has 0 aliphatic heterocycles. The Kier molecular flexibility index (Phi) is 6.27. The Labute approximate surface area is 168 Å². The van der Waals surface area contributed by atoms with Crippen molar-refractivity contribution < 1.29 is 42.5 Å². The zero-order valence-corrected chi connectivity index (χ0v) is 16.5. The first-order valence-electron chi connectivity index (χ1n) is 9.72. The van der Waals surface area contributed by atoms with E-state index < -0.39 is 58.4 Å². The fraction of sp³-hybridized carbons (Fsp3) is 0.778. The lowest BCUT2D eigenvalue weighted by Crippen LogP contribution is -2.40. The molecule has 4 bridgehead atoms. The van der Waals surface area contributed by atoms with Gasteiger partial charge >= 0.3 is 23.9 Å². The second-order valence-corrected chi connectivity index (χ2v) is 9.04. The summed E-state index contributed by atoms with van der Waals surface area (Å²) in [6.07, 6.45) is 4.55. The van der Waals surface area contributed by atoms with Crippen LogP contribution >= 0.6 is 0 Å². The molecule has 11 heteroatoms. The molecule has 0 aromatic rings. The fourth-order valence-electron chi connectivity index (χ4n) is 6.21. The van der Waals surface area contributed by atoms with E-state index in [1.54, 1.807) is 0 Å². The maximum absolute atomic E-state index is 12.5. The Hall–Kier alpha value is -2.01. The maximum atomic E-state index is 12.5. The topological polar surface area (TPSA) is 178 Å². The van der Waals surface area contributed by atoms with Crippen LogP contribution in [-0.4, -0.2) is 42.5 Å². The highest BCUT2D eigenvalue weighted by atomic mass is 32.2. The molecule has 0 radical (unpaired) electrons. The van der Waals surface area contributed by atoms with Crippen molar-refractivity contribution in [3.63, 3.8) is 0 Å². The first kappa shape index (κ1) is 21.7. The number of nitrogens with two attached hydrogens (primary N) is 1. The average Bonchev–Trinajstić information content (AvgIpc) is 3.38. The van der Waals surface area contributed by atoms with E-state index in [2.05, 4.69) is 5.14 Å². The third-order valence-corrected chi connectivity index (χ3v) is 7.15. The van der Waals surface area contributed by atoms with Crippen LogP contribution < -0.4 is 5.14 Å². The molecule has 0 saturated heterocycles. The zero-order valence-electron chi connectivity index (χ0n) is 15.6. The number of thiol groups is 1. The van der Waals surface area contributed by atoms with Crippen LogP contribution in [0, 0.1) is 47.3 Å². The van der Waals surface area contributed by atoms with Gasteiger partial charge in [-0.2, -0.15) is 0 Å². The molecule has 0 aromatic carbocycles. The Morgan fingerprint density at radius 2 is 0.966 bits per heavy atom. The molecule has 4 saturated carbocycles. The number of rotatable bonds is 4. The van der Waals surface area contributed by atoms with Crippen LogP contribution in [0.3, 0.4) is 0 Å². The van der Waals surface area contributed by atoms with Crippen molar-refractivity contribution >= 4 is 34.8 Å². The van der Waals surface area contributed by atoms with Crippen molar-refractivity contribution in [2.75, 3.05) is 0 Å². The standard InChI is InChI=1S/C18H22O7.H3NO2S/c19-15(20)11-7-1-3-9(5-7)13(11)17(23)25-18(24)14-10-4-2-8(6-10)12(14)16(21)22;1-4(2)3/h7-14H,1-6H2,(H,19,20)(H,21,22);4H,(H2,1,2,3)/t7-,8?,9+,10?,11-,12?,13+,14?;/m1./s1. The predicted molar refractivity (Wildman–Crippen MR) is 96.5 cm³/mol. The number of ether oxygens (including phenoxy) is 1. The van der Waals surface area contributed by atoms with Crippen molar-refractivity contribution in [1.29, 1.82) is 0 Å². The molecule has 29 heavy (non-hydrogen) atoms. The summed E-state index contributed by atoms with van der Waals surface area (Å²) in [5.74, 6) is -6.80. The van der Waals surface area contributed by atoms with Crippen LogP contribution in [0.2, 0.25) is 0 Å². The number of carbonyl (C=O) groups excluding carboxylic acids is 2. The van der Waals surface area contributed by atoms with Gasteiger partial charge in [-0.3, -0.25) is 19.2 Å². The number of fused-ring (bicyclic) bond motifs is 4. The van der Waals surface area contributed by atoms with Gasteiger partial charge in [0.05, 0.1) is 23.7 Å². The largest absolute Gasteiger partial charge is 0.481 e. The highest BCUT2D eigenvalue weighted by Crippen LogP contribution is 2.54.